The number of allylic oxidation sites excluding steroid dienone is 1. The third kappa shape index (κ3) is 3.95. The van der Waals surface area contributed by atoms with E-state index in [0.717, 1.165) is 5.56 Å². The molecule has 3 aromatic rings. The standard InChI is InChI=1S/C23H18O3/c24-22(19-14-8-3-9-15-19)21(18-12-6-2-7-13-18)20(23(25)26)16-17-10-4-1-5-11-17/h1-15H,16H2,(H,25,26). The van der Waals surface area contributed by atoms with Crippen molar-refractivity contribution in [1.29, 1.82) is 0 Å². The monoisotopic (exact) mass is 342 g/mol. The Hall–Kier alpha value is -3.46. The molecular weight excluding hydrogens is 324 g/mol. The summed E-state index contributed by atoms with van der Waals surface area (Å²) in [7, 11) is 0. The first-order valence-electron chi connectivity index (χ1n) is 8.32. The second-order valence-corrected chi connectivity index (χ2v) is 5.88. The van der Waals surface area contributed by atoms with Gasteiger partial charge in [0.2, 0.25) is 0 Å². The molecule has 0 unspecified atom stereocenters. The van der Waals surface area contributed by atoms with Gasteiger partial charge in [0.1, 0.15) is 0 Å². The lowest BCUT2D eigenvalue weighted by atomic mass is 9.89. The highest BCUT2D eigenvalue weighted by Gasteiger charge is 2.23. The topological polar surface area (TPSA) is 54.4 Å². The summed E-state index contributed by atoms with van der Waals surface area (Å²) in [6.45, 7) is 0. The van der Waals surface area contributed by atoms with Gasteiger partial charge in [-0.25, -0.2) is 4.79 Å². The highest BCUT2D eigenvalue weighted by molar-refractivity contribution is 6.32. The van der Waals surface area contributed by atoms with Crippen LogP contribution in [0.15, 0.2) is 96.6 Å². The molecule has 0 aliphatic carbocycles. The number of carboxylic acids is 1. The lowest BCUT2D eigenvalue weighted by Crippen LogP contribution is -2.13. The van der Waals surface area contributed by atoms with Gasteiger partial charge >= 0.3 is 5.97 Å². The van der Waals surface area contributed by atoms with Crippen molar-refractivity contribution in [3.63, 3.8) is 0 Å². The number of carbonyl (C=O) groups excluding carboxylic acids is 1. The molecule has 0 radical (unpaired) electrons. The first kappa shape index (κ1) is 17.4. The Kier molecular flexibility index (Phi) is 5.40. The lowest BCUT2D eigenvalue weighted by molar-refractivity contribution is -0.132. The fourth-order valence-corrected chi connectivity index (χ4v) is 2.85. The van der Waals surface area contributed by atoms with Gasteiger partial charge in [-0.1, -0.05) is 91.0 Å². The number of carbonyl (C=O) groups is 2. The van der Waals surface area contributed by atoms with Gasteiger partial charge in [-0.2, -0.15) is 0 Å². The number of rotatable bonds is 6. The van der Waals surface area contributed by atoms with E-state index >= 15 is 0 Å². The maximum atomic E-state index is 13.2. The minimum Gasteiger partial charge on any atom is -0.478 e. The molecule has 0 atom stereocenters. The highest BCUT2D eigenvalue weighted by atomic mass is 16.4. The fraction of sp³-hybridized carbons (Fsp3) is 0.0435. The van der Waals surface area contributed by atoms with E-state index in [1.807, 2.05) is 42.5 Å². The highest BCUT2D eigenvalue weighted by Crippen LogP contribution is 2.26. The quantitative estimate of drug-likeness (QED) is 0.524. The summed E-state index contributed by atoms with van der Waals surface area (Å²) in [5, 5.41) is 9.85. The van der Waals surface area contributed by atoms with E-state index in [2.05, 4.69) is 0 Å². The van der Waals surface area contributed by atoms with Crippen molar-refractivity contribution in [2.24, 2.45) is 0 Å². The average Bonchev–Trinajstić information content (AvgIpc) is 2.69. The van der Waals surface area contributed by atoms with Crippen LogP contribution in [0.3, 0.4) is 0 Å². The molecule has 0 aromatic heterocycles. The van der Waals surface area contributed by atoms with E-state index < -0.39 is 5.97 Å². The van der Waals surface area contributed by atoms with Crippen molar-refractivity contribution in [1.82, 2.24) is 0 Å². The zero-order valence-electron chi connectivity index (χ0n) is 14.1. The second kappa shape index (κ2) is 8.08. The first-order valence-corrected chi connectivity index (χ1v) is 8.32. The van der Waals surface area contributed by atoms with Crippen LogP contribution in [0.2, 0.25) is 0 Å². The molecule has 3 aromatic carbocycles. The molecular formula is C23H18O3. The molecule has 0 saturated carbocycles. The van der Waals surface area contributed by atoms with Crippen molar-refractivity contribution in [3.05, 3.63) is 113 Å². The van der Waals surface area contributed by atoms with Crippen molar-refractivity contribution >= 4 is 17.3 Å². The summed E-state index contributed by atoms with van der Waals surface area (Å²) in [6.07, 6.45) is 0.180. The molecule has 3 rings (SSSR count). The number of Topliss-reactive ketones (excluding diaryl/α,β-unsaturated/α-hetero) is 1. The van der Waals surface area contributed by atoms with Gasteiger partial charge in [0.05, 0.1) is 5.57 Å². The third-order valence-corrected chi connectivity index (χ3v) is 4.11. The zero-order chi connectivity index (χ0) is 18.4. The van der Waals surface area contributed by atoms with E-state index in [9.17, 15) is 14.7 Å². The SMILES string of the molecule is O=C(O)C(Cc1ccccc1)=C(C(=O)c1ccccc1)c1ccccc1. The molecule has 0 aliphatic rings. The van der Waals surface area contributed by atoms with Crippen molar-refractivity contribution in [2.45, 2.75) is 6.42 Å². The molecule has 0 spiro atoms. The average molecular weight is 342 g/mol. The summed E-state index contributed by atoms with van der Waals surface area (Å²) >= 11 is 0. The van der Waals surface area contributed by atoms with Gasteiger partial charge in [0, 0.05) is 17.6 Å². The number of benzene rings is 3. The number of aliphatic carboxylic acids is 1. The molecule has 0 fully saturated rings. The molecule has 0 heterocycles. The van der Waals surface area contributed by atoms with Crippen LogP contribution >= 0.6 is 0 Å². The molecule has 0 aliphatic heterocycles. The van der Waals surface area contributed by atoms with Crippen molar-refractivity contribution < 1.29 is 14.7 Å². The predicted molar refractivity (Wildman–Crippen MR) is 102 cm³/mol. The van der Waals surface area contributed by atoms with Gasteiger partial charge in [0.25, 0.3) is 0 Å². The Balaban J connectivity index is 2.17. The lowest BCUT2D eigenvalue weighted by Gasteiger charge is -2.13. The van der Waals surface area contributed by atoms with Crippen molar-refractivity contribution in [3.8, 4) is 0 Å². The van der Waals surface area contributed by atoms with E-state index in [4.69, 9.17) is 0 Å². The number of carboxylic acid groups (broad SMARTS) is 1. The normalized spacial score (nSPS) is 11.5. The van der Waals surface area contributed by atoms with Crippen LogP contribution in [0.25, 0.3) is 5.57 Å². The number of ketones is 1. The molecule has 0 saturated heterocycles. The van der Waals surface area contributed by atoms with Crippen LogP contribution in [-0.4, -0.2) is 16.9 Å². The second-order valence-electron chi connectivity index (χ2n) is 5.88. The van der Waals surface area contributed by atoms with Crippen LogP contribution in [0.5, 0.6) is 0 Å². The summed E-state index contributed by atoms with van der Waals surface area (Å²) in [6, 6.07) is 27.1. The first-order chi connectivity index (χ1) is 12.7. The Morgan fingerprint density at radius 3 is 1.62 bits per heavy atom. The van der Waals surface area contributed by atoms with Crippen molar-refractivity contribution in [2.75, 3.05) is 0 Å². The largest absolute Gasteiger partial charge is 0.478 e. The van der Waals surface area contributed by atoms with Crippen LogP contribution in [0.4, 0.5) is 0 Å². The number of hydrogen-bond acceptors (Lipinski definition) is 2. The van der Waals surface area contributed by atoms with Crippen LogP contribution in [0.1, 0.15) is 21.5 Å². The van der Waals surface area contributed by atoms with E-state index in [-0.39, 0.29) is 23.4 Å². The summed E-state index contributed by atoms with van der Waals surface area (Å²) in [5.74, 6) is -1.37. The molecule has 128 valence electrons. The molecule has 0 bridgehead atoms. The minimum absolute atomic E-state index is 0.0938. The smallest absolute Gasteiger partial charge is 0.332 e. The van der Waals surface area contributed by atoms with Gasteiger partial charge in [-0.05, 0) is 11.1 Å². The molecule has 3 nitrogen and oxygen atoms in total. The van der Waals surface area contributed by atoms with Gasteiger partial charge < -0.3 is 5.11 Å². The minimum atomic E-state index is -1.09. The zero-order valence-corrected chi connectivity index (χ0v) is 14.1. The molecule has 26 heavy (non-hydrogen) atoms. The Bertz CT molecular complexity index is 927. The van der Waals surface area contributed by atoms with Gasteiger partial charge in [-0.15, -0.1) is 0 Å². The Morgan fingerprint density at radius 2 is 1.12 bits per heavy atom. The Morgan fingerprint density at radius 1 is 0.654 bits per heavy atom. The third-order valence-electron chi connectivity index (χ3n) is 4.11. The fourth-order valence-electron chi connectivity index (χ4n) is 2.85. The summed E-state index contributed by atoms with van der Waals surface area (Å²) in [5.41, 5.74) is 2.25. The Labute approximate surface area is 152 Å². The summed E-state index contributed by atoms with van der Waals surface area (Å²) in [4.78, 5) is 25.2. The summed E-state index contributed by atoms with van der Waals surface area (Å²) < 4.78 is 0. The molecule has 3 heteroatoms. The van der Waals surface area contributed by atoms with E-state index in [1.165, 1.54) is 0 Å². The van der Waals surface area contributed by atoms with Crippen LogP contribution in [-0.2, 0) is 11.2 Å². The van der Waals surface area contributed by atoms with Crippen LogP contribution < -0.4 is 0 Å². The van der Waals surface area contributed by atoms with E-state index in [0.29, 0.717) is 11.1 Å². The van der Waals surface area contributed by atoms with Gasteiger partial charge in [0.15, 0.2) is 5.78 Å². The number of hydrogen-bond donors (Lipinski definition) is 1. The van der Waals surface area contributed by atoms with E-state index in [1.54, 1.807) is 48.5 Å². The molecule has 0 amide bonds. The maximum Gasteiger partial charge on any atom is 0.332 e. The predicted octanol–water partition coefficient (Wildman–Crippen LogP) is 4.65. The van der Waals surface area contributed by atoms with Crippen LogP contribution in [0, 0.1) is 0 Å². The van der Waals surface area contributed by atoms with Gasteiger partial charge in [-0.3, -0.25) is 4.79 Å². The maximum absolute atomic E-state index is 13.2. The molecule has 1 N–H and O–H groups in total.